The molecule has 0 bridgehead atoms. The summed E-state index contributed by atoms with van der Waals surface area (Å²) in [5.74, 6) is -1.17. The van der Waals surface area contributed by atoms with E-state index in [1.807, 2.05) is 39.1 Å². The Balaban J connectivity index is 0.000000785. The monoisotopic (exact) mass is 431 g/mol. The van der Waals surface area contributed by atoms with Gasteiger partial charge in [-0.15, -0.1) is 0 Å². The summed E-state index contributed by atoms with van der Waals surface area (Å²) in [4.78, 5) is 39.3. The van der Waals surface area contributed by atoms with Gasteiger partial charge in [-0.05, 0) is 43.8 Å². The lowest BCUT2D eigenvalue weighted by Crippen LogP contribution is -2.41. The van der Waals surface area contributed by atoms with Gasteiger partial charge in [-0.25, -0.2) is 4.79 Å². The van der Waals surface area contributed by atoms with Gasteiger partial charge in [-0.1, -0.05) is 26.8 Å². The number of cyclic esters (lactones) is 1. The predicted octanol–water partition coefficient (Wildman–Crippen LogP) is 3.17. The van der Waals surface area contributed by atoms with Crippen LogP contribution in [0.5, 0.6) is 0 Å². The van der Waals surface area contributed by atoms with Crippen LogP contribution in [-0.4, -0.2) is 66.1 Å². The van der Waals surface area contributed by atoms with Gasteiger partial charge in [0.2, 0.25) is 0 Å². The largest absolute Gasteiger partial charge is 0.481 e. The molecule has 170 valence electrons. The number of likely N-dealkylation sites (N-methyl/N-ethyl adjacent to an activating group) is 1. The molecule has 8 heteroatoms. The molecule has 31 heavy (non-hydrogen) atoms. The van der Waals surface area contributed by atoms with E-state index in [4.69, 9.17) is 14.6 Å². The summed E-state index contributed by atoms with van der Waals surface area (Å²) in [6, 6.07) is 5.75. The molecule has 1 aliphatic heterocycles. The van der Waals surface area contributed by atoms with Crippen LogP contribution in [0.15, 0.2) is 24.4 Å². The fourth-order valence-corrected chi connectivity index (χ4v) is 3.55. The van der Waals surface area contributed by atoms with Crippen LogP contribution in [0, 0.1) is 5.41 Å². The summed E-state index contributed by atoms with van der Waals surface area (Å²) < 4.78 is 5.08. The third-order valence-corrected chi connectivity index (χ3v) is 5.10. The molecule has 3 N–H and O–H groups in total. The zero-order chi connectivity index (χ0) is 23.3. The fraction of sp³-hybridized carbons (Fsp3) is 0.522. The molecule has 0 radical (unpaired) electrons. The number of fused-ring (bicyclic) bond motifs is 1. The Kier molecular flexibility index (Phi) is 7.84. The second kappa shape index (κ2) is 9.96. The molecule has 3 rings (SSSR count). The van der Waals surface area contributed by atoms with E-state index in [0.29, 0.717) is 0 Å². The van der Waals surface area contributed by atoms with Gasteiger partial charge in [0.15, 0.2) is 0 Å². The van der Waals surface area contributed by atoms with Crippen molar-refractivity contribution in [2.75, 3.05) is 27.2 Å². The van der Waals surface area contributed by atoms with Gasteiger partial charge in [-0.3, -0.25) is 9.59 Å². The van der Waals surface area contributed by atoms with Crippen molar-refractivity contribution < 1.29 is 24.2 Å². The minimum Gasteiger partial charge on any atom is -0.481 e. The van der Waals surface area contributed by atoms with Crippen molar-refractivity contribution in [2.45, 2.75) is 46.1 Å². The number of carboxylic acid groups (broad SMARTS) is 1. The number of carboxylic acids is 1. The normalized spacial score (nSPS) is 17.0. The van der Waals surface area contributed by atoms with Crippen molar-refractivity contribution in [3.63, 3.8) is 0 Å². The molecule has 8 nitrogen and oxygen atoms in total. The highest BCUT2D eigenvalue weighted by atomic mass is 16.6. The summed E-state index contributed by atoms with van der Waals surface area (Å²) in [6.45, 7) is 7.99. The maximum atomic E-state index is 13.2. The van der Waals surface area contributed by atoms with Crippen LogP contribution in [0.1, 0.15) is 44.7 Å². The number of hydrogen-bond donors (Lipinski definition) is 3. The van der Waals surface area contributed by atoms with E-state index in [1.165, 1.54) is 5.56 Å². The maximum absolute atomic E-state index is 13.2. The molecule has 2 atom stereocenters. The lowest BCUT2D eigenvalue weighted by Gasteiger charge is -2.28. The Morgan fingerprint density at radius 2 is 1.94 bits per heavy atom. The van der Waals surface area contributed by atoms with E-state index < -0.39 is 23.4 Å². The van der Waals surface area contributed by atoms with E-state index in [1.54, 1.807) is 0 Å². The topological polar surface area (TPSA) is 112 Å². The molecule has 1 aromatic carbocycles. The Morgan fingerprint density at radius 1 is 1.29 bits per heavy atom. The standard InChI is InChI=1S/C21H29N3O3.C2H4O2/c1-21(2,3)19(25)18(17-12-27-20(26)23-17)13-6-7-16-15(10-13)14(11-22-16)8-9-24(4)5;1-2(3)4/h6-7,10-11,17-18,22H,8-9,12H2,1-5H3,(H,23,26);1H3,(H,3,4). The number of H-pyrrole nitrogens is 1. The Labute approximate surface area is 182 Å². The van der Waals surface area contributed by atoms with Crippen LogP contribution >= 0.6 is 0 Å². The number of carbonyl (C=O) groups is 3. The lowest BCUT2D eigenvalue weighted by atomic mass is 9.76. The number of ether oxygens (including phenoxy) is 1. The Morgan fingerprint density at radius 3 is 2.45 bits per heavy atom. The molecule has 1 aliphatic rings. The second-order valence-corrected chi connectivity index (χ2v) is 9.13. The average Bonchev–Trinajstić information content (AvgIpc) is 3.25. The van der Waals surface area contributed by atoms with E-state index in [-0.39, 0.29) is 18.4 Å². The number of aromatic nitrogens is 1. The summed E-state index contributed by atoms with van der Waals surface area (Å²) >= 11 is 0. The average molecular weight is 432 g/mol. The molecular formula is C23H33N3O5. The first-order valence-corrected chi connectivity index (χ1v) is 10.3. The maximum Gasteiger partial charge on any atom is 0.407 e. The first-order valence-electron chi connectivity index (χ1n) is 10.3. The van der Waals surface area contributed by atoms with E-state index >= 15 is 0 Å². The Hall–Kier alpha value is -2.87. The molecule has 2 unspecified atom stereocenters. The molecule has 1 saturated heterocycles. The van der Waals surface area contributed by atoms with Crippen LogP contribution in [0.2, 0.25) is 0 Å². The second-order valence-electron chi connectivity index (χ2n) is 9.13. The number of aromatic amines is 1. The van der Waals surface area contributed by atoms with Crippen molar-refractivity contribution in [1.82, 2.24) is 15.2 Å². The van der Waals surface area contributed by atoms with Crippen LogP contribution in [0.3, 0.4) is 0 Å². The number of alkyl carbamates (subject to hydrolysis) is 1. The number of Topliss-reactive ketones (excluding diaryl/α,β-unsaturated/α-hetero) is 1. The number of amides is 1. The van der Waals surface area contributed by atoms with Crippen LogP contribution in [0.25, 0.3) is 10.9 Å². The summed E-state index contributed by atoms with van der Waals surface area (Å²) in [7, 11) is 4.11. The first-order chi connectivity index (χ1) is 14.4. The molecule has 0 aliphatic carbocycles. The molecule has 2 heterocycles. The number of nitrogens with zero attached hydrogens (tertiary/aromatic N) is 1. The summed E-state index contributed by atoms with van der Waals surface area (Å²) in [5.41, 5.74) is 2.69. The van der Waals surface area contributed by atoms with Crippen LogP contribution in [-0.2, 0) is 20.7 Å². The van der Waals surface area contributed by atoms with E-state index in [2.05, 4.69) is 35.4 Å². The van der Waals surface area contributed by atoms with Gasteiger partial charge in [0.05, 0.1) is 12.0 Å². The molecule has 2 aromatic rings. The number of ketones is 1. The van der Waals surface area contributed by atoms with E-state index in [0.717, 1.165) is 36.4 Å². The molecule has 0 spiro atoms. The first kappa shape index (κ1) is 24.4. The van der Waals surface area contributed by atoms with Crippen molar-refractivity contribution >= 4 is 28.7 Å². The highest BCUT2D eigenvalue weighted by Crippen LogP contribution is 2.33. The predicted molar refractivity (Wildman–Crippen MR) is 119 cm³/mol. The number of carbonyl (C=O) groups excluding carboxylic acids is 2. The third-order valence-electron chi connectivity index (χ3n) is 5.10. The van der Waals surface area contributed by atoms with Crippen LogP contribution < -0.4 is 5.32 Å². The molecular weight excluding hydrogens is 398 g/mol. The van der Waals surface area contributed by atoms with Crippen LogP contribution in [0.4, 0.5) is 4.79 Å². The van der Waals surface area contributed by atoms with Crippen molar-refractivity contribution in [1.29, 1.82) is 0 Å². The number of aliphatic carboxylic acids is 1. The number of rotatable bonds is 6. The molecule has 0 saturated carbocycles. The highest BCUT2D eigenvalue weighted by Gasteiger charge is 2.40. The SMILES string of the molecule is CC(=O)O.CN(C)CCc1c[nH]c2ccc(C(C(=O)C(C)(C)C)C3COC(=O)N3)cc12. The van der Waals surface area contributed by atoms with Gasteiger partial charge in [0, 0.05) is 36.0 Å². The van der Waals surface area contributed by atoms with Gasteiger partial charge in [-0.2, -0.15) is 0 Å². The quantitative estimate of drug-likeness (QED) is 0.648. The van der Waals surface area contributed by atoms with Crippen molar-refractivity contribution in [3.05, 3.63) is 35.5 Å². The lowest BCUT2D eigenvalue weighted by molar-refractivity contribution is -0.134. The van der Waals surface area contributed by atoms with Crippen molar-refractivity contribution in [3.8, 4) is 0 Å². The van der Waals surface area contributed by atoms with Gasteiger partial charge in [0.25, 0.3) is 5.97 Å². The zero-order valence-electron chi connectivity index (χ0n) is 19.1. The van der Waals surface area contributed by atoms with Crippen molar-refractivity contribution in [2.24, 2.45) is 5.41 Å². The minimum atomic E-state index is -0.833. The number of nitrogens with one attached hydrogen (secondary N) is 2. The van der Waals surface area contributed by atoms with Gasteiger partial charge < -0.3 is 25.0 Å². The molecule has 1 amide bonds. The summed E-state index contributed by atoms with van der Waals surface area (Å²) in [6.07, 6.45) is 2.51. The Bertz CT molecular complexity index is 938. The minimum absolute atomic E-state index is 0.100. The highest BCUT2D eigenvalue weighted by molar-refractivity contribution is 5.93. The van der Waals surface area contributed by atoms with E-state index in [9.17, 15) is 9.59 Å². The summed E-state index contributed by atoms with van der Waals surface area (Å²) in [5, 5.41) is 11.4. The smallest absolute Gasteiger partial charge is 0.407 e. The molecule has 1 fully saturated rings. The zero-order valence-corrected chi connectivity index (χ0v) is 19.1. The molecule has 1 aromatic heterocycles. The number of benzene rings is 1. The fourth-order valence-electron chi connectivity index (χ4n) is 3.55. The van der Waals surface area contributed by atoms with Gasteiger partial charge >= 0.3 is 6.09 Å². The number of hydrogen-bond acceptors (Lipinski definition) is 5. The van der Waals surface area contributed by atoms with Gasteiger partial charge in [0.1, 0.15) is 12.4 Å². The third kappa shape index (κ3) is 6.55.